The van der Waals surface area contributed by atoms with Crippen LogP contribution in [0.15, 0.2) is 0 Å². The van der Waals surface area contributed by atoms with E-state index in [1.54, 1.807) is 0 Å². The third-order valence-electron chi connectivity index (χ3n) is 2.11. The van der Waals surface area contributed by atoms with Gasteiger partial charge in [-0.1, -0.05) is 18.7 Å². The fourth-order valence-corrected chi connectivity index (χ4v) is 2.16. The molecule has 0 aromatic rings. The fourth-order valence-electron chi connectivity index (χ4n) is 1.16. The van der Waals surface area contributed by atoms with Gasteiger partial charge in [-0.2, -0.15) is 0 Å². The highest BCUT2D eigenvalue weighted by molar-refractivity contribution is 8.14. The molecule has 92 valence electrons. The average molecular weight is 246 g/mol. The average Bonchev–Trinajstić information content (AvgIpc) is 2.20. The minimum Gasteiger partial charge on any atom is -0.481 e. The zero-order valence-corrected chi connectivity index (χ0v) is 10.5. The van der Waals surface area contributed by atoms with E-state index in [0.717, 1.165) is 6.42 Å². The summed E-state index contributed by atoms with van der Waals surface area (Å²) in [6, 6.07) is 0. The van der Waals surface area contributed by atoms with E-state index in [-0.39, 0.29) is 29.0 Å². The molecule has 0 fully saturated rings. The zero-order chi connectivity index (χ0) is 12.6. The smallest absolute Gasteiger partial charge is 0.303 e. The molecule has 1 unspecified atom stereocenters. The number of aliphatic carboxylic acids is 1. The Morgan fingerprint density at radius 1 is 1.19 bits per heavy atom. The second-order valence-corrected chi connectivity index (χ2v) is 5.01. The van der Waals surface area contributed by atoms with Gasteiger partial charge >= 0.3 is 5.97 Å². The van der Waals surface area contributed by atoms with Crippen LogP contribution in [0.4, 0.5) is 0 Å². The van der Waals surface area contributed by atoms with E-state index in [9.17, 15) is 14.4 Å². The van der Waals surface area contributed by atoms with Crippen molar-refractivity contribution in [3.63, 3.8) is 0 Å². The van der Waals surface area contributed by atoms with Gasteiger partial charge in [0.1, 0.15) is 5.78 Å². The number of Topliss-reactive ketones (excluding diaryl/α,β-unsaturated/α-hetero) is 1. The lowest BCUT2D eigenvalue weighted by molar-refractivity contribution is -0.138. The molecule has 0 aromatic carbocycles. The number of thioether (sulfide) groups is 1. The van der Waals surface area contributed by atoms with E-state index in [0.29, 0.717) is 12.8 Å². The van der Waals surface area contributed by atoms with Crippen LogP contribution in [0.1, 0.15) is 46.0 Å². The molecule has 0 heterocycles. The third-order valence-corrected chi connectivity index (χ3v) is 3.48. The topological polar surface area (TPSA) is 71.4 Å². The van der Waals surface area contributed by atoms with Gasteiger partial charge in [-0.15, -0.1) is 0 Å². The molecule has 0 rings (SSSR count). The van der Waals surface area contributed by atoms with Crippen LogP contribution >= 0.6 is 11.8 Å². The summed E-state index contributed by atoms with van der Waals surface area (Å²) in [5, 5.41) is 8.45. The Bertz CT molecular complexity index is 263. The molecule has 0 spiro atoms. The molecule has 16 heavy (non-hydrogen) atoms. The van der Waals surface area contributed by atoms with Crippen molar-refractivity contribution in [2.75, 3.05) is 0 Å². The minimum atomic E-state index is -0.953. The Kier molecular flexibility index (Phi) is 7.89. The molecule has 0 aliphatic carbocycles. The molecule has 0 saturated carbocycles. The van der Waals surface area contributed by atoms with Crippen molar-refractivity contribution in [2.24, 2.45) is 0 Å². The summed E-state index contributed by atoms with van der Waals surface area (Å²) in [6.07, 6.45) is 1.94. The van der Waals surface area contributed by atoms with Crippen molar-refractivity contribution in [2.45, 2.75) is 51.2 Å². The monoisotopic (exact) mass is 246 g/mol. The Labute approximate surface area is 99.8 Å². The molecule has 0 amide bonds. The first kappa shape index (κ1) is 15.2. The van der Waals surface area contributed by atoms with E-state index >= 15 is 0 Å². The molecule has 0 aromatic heterocycles. The SMILES string of the molecule is CCC(CCC(C)=O)SC(=O)CCC(=O)O. The van der Waals surface area contributed by atoms with Crippen molar-refractivity contribution in [3.8, 4) is 0 Å². The molecule has 0 aliphatic rings. The van der Waals surface area contributed by atoms with E-state index in [1.165, 1.54) is 18.7 Å². The number of hydrogen-bond donors (Lipinski definition) is 1. The van der Waals surface area contributed by atoms with Crippen LogP contribution in [-0.4, -0.2) is 27.2 Å². The molecular formula is C11H18O4S. The van der Waals surface area contributed by atoms with Crippen molar-refractivity contribution in [1.82, 2.24) is 0 Å². The lowest BCUT2D eigenvalue weighted by Crippen LogP contribution is -2.09. The Balaban J connectivity index is 3.87. The Hall–Kier alpha value is -0.840. The molecule has 0 saturated heterocycles. The molecular weight excluding hydrogens is 228 g/mol. The largest absolute Gasteiger partial charge is 0.481 e. The van der Waals surface area contributed by atoms with E-state index in [1.807, 2.05) is 6.92 Å². The molecule has 5 heteroatoms. The lowest BCUT2D eigenvalue weighted by Gasteiger charge is -2.11. The van der Waals surface area contributed by atoms with Crippen LogP contribution in [0, 0.1) is 0 Å². The maximum Gasteiger partial charge on any atom is 0.303 e. The van der Waals surface area contributed by atoms with Gasteiger partial charge in [0.05, 0.1) is 6.42 Å². The minimum absolute atomic E-state index is 0.0660. The number of carbonyl (C=O) groups excluding carboxylic acids is 2. The first-order valence-corrected chi connectivity index (χ1v) is 6.24. The lowest BCUT2D eigenvalue weighted by atomic mass is 10.1. The maximum atomic E-state index is 11.4. The molecule has 0 aliphatic heterocycles. The summed E-state index contributed by atoms with van der Waals surface area (Å²) in [5.41, 5.74) is 0. The van der Waals surface area contributed by atoms with Crippen LogP contribution in [0.3, 0.4) is 0 Å². The predicted molar refractivity (Wildman–Crippen MR) is 63.5 cm³/mol. The zero-order valence-electron chi connectivity index (χ0n) is 9.69. The van der Waals surface area contributed by atoms with E-state index in [2.05, 4.69) is 0 Å². The van der Waals surface area contributed by atoms with Crippen LogP contribution in [0.2, 0.25) is 0 Å². The number of carboxylic acids is 1. The number of carboxylic acid groups (broad SMARTS) is 1. The van der Waals surface area contributed by atoms with E-state index < -0.39 is 5.97 Å². The molecule has 1 N–H and O–H groups in total. The third kappa shape index (κ3) is 8.47. The number of hydrogen-bond acceptors (Lipinski definition) is 4. The van der Waals surface area contributed by atoms with Crippen molar-refractivity contribution in [1.29, 1.82) is 0 Å². The normalized spacial score (nSPS) is 12.1. The maximum absolute atomic E-state index is 11.4. The summed E-state index contributed by atoms with van der Waals surface area (Å²) in [6.45, 7) is 3.49. The molecule has 0 bridgehead atoms. The Morgan fingerprint density at radius 3 is 2.25 bits per heavy atom. The Morgan fingerprint density at radius 2 is 1.81 bits per heavy atom. The quantitative estimate of drug-likeness (QED) is 0.711. The number of rotatable bonds is 8. The first-order valence-electron chi connectivity index (χ1n) is 5.36. The second-order valence-electron chi connectivity index (χ2n) is 3.65. The van der Waals surface area contributed by atoms with Gasteiger partial charge in [0.25, 0.3) is 0 Å². The van der Waals surface area contributed by atoms with Crippen molar-refractivity contribution in [3.05, 3.63) is 0 Å². The molecule has 0 radical (unpaired) electrons. The standard InChI is InChI=1S/C11H18O4S/c1-3-9(5-4-8(2)12)16-11(15)7-6-10(13)14/h9H,3-7H2,1-2H3,(H,13,14). The summed E-state index contributed by atoms with van der Waals surface area (Å²) in [5.74, 6) is -0.831. The molecule has 4 nitrogen and oxygen atoms in total. The fraction of sp³-hybridized carbons (Fsp3) is 0.727. The van der Waals surface area contributed by atoms with Crippen molar-refractivity contribution < 1.29 is 19.5 Å². The highest BCUT2D eigenvalue weighted by Crippen LogP contribution is 2.22. The van der Waals surface area contributed by atoms with Gasteiger partial charge in [-0.25, -0.2) is 0 Å². The summed E-state index contributed by atoms with van der Waals surface area (Å²) in [7, 11) is 0. The van der Waals surface area contributed by atoms with Gasteiger partial charge < -0.3 is 9.90 Å². The number of ketones is 1. The van der Waals surface area contributed by atoms with Gasteiger partial charge in [-0.05, 0) is 19.8 Å². The van der Waals surface area contributed by atoms with Crippen LogP contribution in [0.25, 0.3) is 0 Å². The molecule has 1 atom stereocenters. The van der Waals surface area contributed by atoms with Gasteiger partial charge in [0.15, 0.2) is 5.12 Å². The van der Waals surface area contributed by atoms with Crippen molar-refractivity contribution >= 4 is 28.6 Å². The second kappa shape index (κ2) is 8.33. The predicted octanol–water partition coefficient (Wildman–Crippen LogP) is 2.26. The van der Waals surface area contributed by atoms with Gasteiger partial charge in [-0.3, -0.25) is 9.59 Å². The van der Waals surface area contributed by atoms with Crippen LogP contribution in [-0.2, 0) is 14.4 Å². The summed E-state index contributed by atoms with van der Waals surface area (Å²) in [4.78, 5) is 32.4. The van der Waals surface area contributed by atoms with Gasteiger partial charge in [0, 0.05) is 18.1 Å². The summed E-state index contributed by atoms with van der Waals surface area (Å²) < 4.78 is 0. The van der Waals surface area contributed by atoms with Crippen LogP contribution < -0.4 is 0 Å². The van der Waals surface area contributed by atoms with E-state index in [4.69, 9.17) is 5.11 Å². The first-order chi connectivity index (χ1) is 7.45. The summed E-state index contributed by atoms with van der Waals surface area (Å²) >= 11 is 1.17. The highest BCUT2D eigenvalue weighted by Gasteiger charge is 2.14. The number of carbonyl (C=O) groups is 3. The van der Waals surface area contributed by atoms with Crippen LogP contribution in [0.5, 0.6) is 0 Å². The van der Waals surface area contributed by atoms with Gasteiger partial charge in [0.2, 0.25) is 0 Å². The highest BCUT2D eigenvalue weighted by atomic mass is 32.2.